The van der Waals surface area contributed by atoms with Crippen LogP contribution in [0.2, 0.25) is 0 Å². The van der Waals surface area contributed by atoms with Crippen LogP contribution in [0.25, 0.3) is 43.6 Å². The Labute approximate surface area is 711 Å². The minimum absolute atomic E-state index is 0.0252. The first kappa shape index (κ1) is 86.6. The van der Waals surface area contributed by atoms with Gasteiger partial charge in [0, 0.05) is 166 Å². The third-order valence-corrected chi connectivity index (χ3v) is 30.6. The topological polar surface area (TPSA) is 169 Å². The lowest BCUT2D eigenvalue weighted by Gasteiger charge is -2.30. The number of hydrogen-bond acceptors (Lipinski definition) is 12. The van der Waals surface area contributed by atoms with E-state index < -0.39 is 65.8 Å². The molecule has 0 spiro atoms. The number of fused-ring (bicyclic) bond motifs is 4. The molecular weight excluding hydrogens is 1920 g/mol. The highest BCUT2D eigenvalue weighted by Gasteiger charge is 2.35. The molecular formula is C83H81Br5F8N8O8S4. The van der Waals surface area contributed by atoms with Gasteiger partial charge >= 0.3 is 0 Å². The van der Waals surface area contributed by atoms with E-state index in [9.17, 15) is 68.8 Å². The first-order valence-corrected chi connectivity index (χ1v) is 47.4. The fourth-order valence-corrected chi connectivity index (χ4v) is 24.1. The van der Waals surface area contributed by atoms with Gasteiger partial charge in [-0.15, -0.1) is 0 Å². The zero-order valence-electron chi connectivity index (χ0n) is 63.0. The van der Waals surface area contributed by atoms with Crippen LogP contribution in [0.15, 0.2) is 212 Å². The van der Waals surface area contributed by atoms with Crippen molar-refractivity contribution < 1.29 is 68.8 Å². The summed E-state index contributed by atoms with van der Waals surface area (Å²) >= 11 is 17.0. The second kappa shape index (κ2) is 36.0. The summed E-state index contributed by atoms with van der Waals surface area (Å²) in [5, 5.41) is 1.21. The van der Waals surface area contributed by atoms with Crippen LogP contribution >= 0.6 is 79.6 Å². The molecule has 0 saturated carbocycles. The highest BCUT2D eigenvalue weighted by molar-refractivity contribution is 9.11. The molecule has 16 rings (SSSR count). The lowest BCUT2D eigenvalue weighted by Crippen LogP contribution is -2.29. The number of aromatic nitrogens is 4. The maximum absolute atomic E-state index is 14.0. The van der Waals surface area contributed by atoms with Gasteiger partial charge in [0.15, 0.2) is 0 Å². The Morgan fingerprint density at radius 3 is 0.741 bits per heavy atom. The number of hydrogen-bond donors (Lipinski definition) is 0. The number of nitrogens with zero attached hydrogens (tertiary/aromatic N) is 8. The van der Waals surface area contributed by atoms with Crippen LogP contribution in [0.4, 0.5) is 57.9 Å². The molecule has 116 heavy (non-hydrogen) atoms. The van der Waals surface area contributed by atoms with E-state index in [2.05, 4.69) is 99.2 Å². The highest BCUT2D eigenvalue weighted by Crippen LogP contribution is 2.47. The van der Waals surface area contributed by atoms with Crippen LogP contribution in [-0.4, -0.2) is 102 Å². The maximum atomic E-state index is 14.0. The van der Waals surface area contributed by atoms with Crippen LogP contribution in [0, 0.1) is 20.8 Å². The summed E-state index contributed by atoms with van der Waals surface area (Å²) in [6.07, 6.45) is 5.46. The van der Waals surface area contributed by atoms with E-state index in [-0.39, 0.29) is 63.9 Å². The van der Waals surface area contributed by atoms with E-state index in [1.165, 1.54) is 24.3 Å². The zero-order valence-corrected chi connectivity index (χ0v) is 74.2. The Morgan fingerprint density at radius 1 is 0.284 bits per heavy atom. The number of alkyl halides is 8. The first-order valence-electron chi connectivity index (χ1n) is 37.6. The van der Waals surface area contributed by atoms with Gasteiger partial charge in [-0.25, -0.2) is 84.7 Å². The lowest BCUT2D eigenvalue weighted by atomic mass is 10.1. The van der Waals surface area contributed by atoms with Crippen molar-refractivity contribution in [3.05, 3.63) is 232 Å². The number of anilines is 4. The molecule has 4 saturated heterocycles. The minimum Gasteiger partial charge on any atom is -0.371 e. The van der Waals surface area contributed by atoms with Crippen molar-refractivity contribution in [3.63, 3.8) is 0 Å². The predicted octanol–water partition coefficient (Wildman–Crippen LogP) is 24.0. The smallest absolute Gasteiger partial charge is 0.269 e. The van der Waals surface area contributed by atoms with Crippen molar-refractivity contribution in [1.29, 1.82) is 0 Å². The second-order valence-corrected chi connectivity index (χ2v) is 40.8. The molecule has 0 amide bonds. The van der Waals surface area contributed by atoms with Crippen molar-refractivity contribution in [2.45, 2.75) is 143 Å². The van der Waals surface area contributed by atoms with Crippen LogP contribution in [0.3, 0.4) is 0 Å². The molecule has 616 valence electrons. The molecule has 4 aromatic heterocycles. The molecule has 0 radical (unpaired) electrons. The summed E-state index contributed by atoms with van der Waals surface area (Å²) in [5.74, 6) is 0. The molecule has 0 aliphatic carbocycles. The molecule has 0 atom stereocenters. The van der Waals surface area contributed by atoms with E-state index in [1.54, 1.807) is 124 Å². The van der Waals surface area contributed by atoms with Gasteiger partial charge in [0.05, 0.1) is 36.8 Å². The molecule has 4 fully saturated rings. The van der Waals surface area contributed by atoms with E-state index in [4.69, 9.17) is 0 Å². The van der Waals surface area contributed by atoms with Crippen molar-refractivity contribution >= 4 is 186 Å². The Kier molecular flexibility index (Phi) is 26.9. The SMILES string of the molecule is Cc1cccc(S(=O)(=O)n2cc(C(F)F)c3c(N4CCCCC4)cc(Br)cc32)c1.Cc1cccc(S(=O)(=O)n2cc(C(F)F)c3c(N4CCCCC4)cc(Br)cc32)c1.Cc1cccc(S(=O)(=O)n2cc(C(F)F)c3c(N4CCCCC4)cc(Br)cc32)c1.O=S(=O)(c1ccccc1Br)n1cc(C(F)F)c2c(N3CCCCC3)cc(Br)cc21. The summed E-state index contributed by atoms with van der Waals surface area (Å²) in [5.41, 5.74) is 4.93. The molecule has 8 aromatic carbocycles. The third kappa shape index (κ3) is 18.0. The van der Waals surface area contributed by atoms with E-state index in [0.717, 1.165) is 187 Å². The summed E-state index contributed by atoms with van der Waals surface area (Å²) < 4.78 is 225. The van der Waals surface area contributed by atoms with Gasteiger partial charge in [-0.2, -0.15) is 0 Å². The fourth-order valence-electron chi connectivity index (χ4n) is 15.7. The van der Waals surface area contributed by atoms with Crippen molar-refractivity contribution in [2.75, 3.05) is 72.0 Å². The quantitative estimate of drug-likeness (QED) is 0.0841. The molecule has 12 aromatic rings. The summed E-state index contributed by atoms with van der Waals surface area (Å²) in [6.45, 7) is 11.5. The molecule has 0 bridgehead atoms. The van der Waals surface area contributed by atoms with E-state index in [0.29, 0.717) is 66.7 Å². The lowest BCUT2D eigenvalue weighted by molar-refractivity contribution is 0.152. The van der Waals surface area contributed by atoms with Gasteiger partial charge in [0.25, 0.3) is 65.8 Å². The van der Waals surface area contributed by atoms with Crippen LogP contribution in [0.1, 0.15) is 142 Å². The van der Waals surface area contributed by atoms with Gasteiger partial charge in [0.2, 0.25) is 0 Å². The van der Waals surface area contributed by atoms with E-state index >= 15 is 0 Å². The summed E-state index contributed by atoms with van der Waals surface area (Å²) in [4.78, 5) is 8.55. The average molecular weight is 2000 g/mol. The number of halogens is 13. The molecule has 8 heterocycles. The van der Waals surface area contributed by atoms with Gasteiger partial charge in [0.1, 0.15) is 4.90 Å². The Bertz CT molecular complexity index is 5720. The number of benzene rings is 8. The molecule has 16 nitrogen and oxygen atoms in total. The predicted molar refractivity (Wildman–Crippen MR) is 461 cm³/mol. The molecule has 33 heteroatoms. The standard InChI is InChI=1S/3C21H21BrF2N2O2S.C20H18Br2F2N2O2S/c3*1-14-6-5-7-16(10-14)29(27,28)26-13-17(21(23)24)20-18(11-15(22)12-19(20)26)25-8-3-2-4-9-25;21-13-10-16(25-8-4-1-5-9-25)19-14(20(23)24)12-26(17(19)11-13)29(27,28)18-7-3-2-6-15(18)22/h3*5-7,10-13,21H,2-4,8-9H2,1H3;2-3,6-7,10-12,20H,1,4-5,8-9H2. The molecule has 4 aliphatic heterocycles. The Morgan fingerprint density at radius 2 is 0.517 bits per heavy atom. The number of piperidine rings is 4. The molecule has 0 N–H and O–H groups in total. The van der Waals surface area contributed by atoms with Gasteiger partial charge < -0.3 is 19.6 Å². The minimum atomic E-state index is -4.08. The van der Waals surface area contributed by atoms with Crippen LogP contribution in [-0.2, 0) is 40.1 Å². The number of aryl methyl sites for hydroxylation is 3. The van der Waals surface area contributed by atoms with Crippen LogP contribution in [0.5, 0.6) is 0 Å². The summed E-state index contributed by atoms with van der Waals surface area (Å²) in [7, 11) is -16.1. The highest BCUT2D eigenvalue weighted by atomic mass is 79.9. The third-order valence-electron chi connectivity index (χ3n) is 21.1. The Balaban J connectivity index is 0.000000135. The normalized spacial score (nSPS) is 15.4. The monoisotopic (exact) mass is 1990 g/mol. The van der Waals surface area contributed by atoms with E-state index in [1.807, 2.05) is 18.2 Å². The van der Waals surface area contributed by atoms with Crippen molar-refractivity contribution in [3.8, 4) is 0 Å². The van der Waals surface area contributed by atoms with Crippen LogP contribution < -0.4 is 19.6 Å². The molecule has 4 aliphatic rings. The van der Waals surface area contributed by atoms with Gasteiger partial charge in [-0.1, -0.05) is 112 Å². The van der Waals surface area contributed by atoms with Crippen molar-refractivity contribution in [1.82, 2.24) is 15.9 Å². The zero-order chi connectivity index (χ0) is 83.0. The molecule has 0 unspecified atom stereocenters. The number of rotatable bonds is 16. The second-order valence-electron chi connectivity index (χ2n) is 29.1. The van der Waals surface area contributed by atoms with Crippen molar-refractivity contribution in [2.24, 2.45) is 0 Å². The average Bonchev–Trinajstić information content (AvgIpc) is 1.60. The maximum Gasteiger partial charge on any atom is 0.269 e. The summed E-state index contributed by atoms with van der Waals surface area (Å²) in [6, 6.07) is 39.4. The largest absolute Gasteiger partial charge is 0.371 e. The Hall–Kier alpha value is -7.24. The first-order chi connectivity index (χ1) is 55.2. The van der Waals surface area contributed by atoms with Gasteiger partial charge in [-0.3, -0.25) is 0 Å². The van der Waals surface area contributed by atoms with Gasteiger partial charge in [-0.05, 0) is 228 Å². The fraction of sp³-hybridized carbons (Fsp3) is 0.325.